The van der Waals surface area contributed by atoms with E-state index in [1.54, 1.807) is 10.9 Å². The van der Waals surface area contributed by atoms with E-state index in [0.29, 0.717) is 5.82 Å². The molecule has 3 N–H and O–H groups in total. The summed E-state index contributed by atoms with van der Waals surface area (Å²) in [7, 11) is 1.88. The van der Waals surface area contributed by atoms with Crippen molar-refractivity contribution in [3.63, 3.8) is 0 Å². The summed E-state index contributed by atoms with van der Waals surface area (Å²) in [5.74, 6) is 6.88. The van der Waals surface area contributed by atoms with E-state index in [9.17, 15) is 0 Å². The number of rotatable bonds is 5. The van der Waals surface area contributed by atoms with Gasteiger partial charge in [0.2, 0.25) is 0 Å². The first-order chi connectivity index (χ1) is 8.72. The number of nitrogens with zero attached hydrogens (tertiary/aromatic N) is 4. The van der Waals surface area contributed by atoms with Gasteiger partial charge in [-0.05, 0) is 6.42 Å². The Balaban J connectivity index is 2.34. The lowest BCUT2D eigenvalue weighted by Gasteiger charge is -2.06. The first-order valence-corrected chi connectivity index (χ1v) is 6.06. The predicted octanol–water partition coefficient (Wildman–Crippen LogP) is 1.51. The Labute approximate surface area is 106 Å². The highest BCUT2D eigenvalue weighted by Gasteiger charge is 2.07. The third-order valence-electron chi connectivity index (χ3n) is 2.67. The molecule has 2 aromatic heterocycles. The molecule has 2 aromatic rings. The Kier molecular flexibility index (Phi) is 3.88. The molecule has 0 bridgehead atoms. The van der Waals surface area contributed by atoms with Gasteiger partial charge < -0.3 is 5.43 Å². The van der Waals surface area contributed by atoms with Gasteiger partial charge in [0.05, 0.1) is 11.9 Å². The van der Waals surface area contributed by atoms with Crippen LogP contribution in [0.5, 0.6) is 0 Å². The van der Waals surface area contributed by atoms with Crippen LogP contribution in [0, 0.1) is 0 Å². The molecule has 0 fully saturated rings. The maximum Gasteiger partial charge on any atom is 0.144 e. The fourth-order valence-corrected chi connectivity index (χ4v) is 1.72. The van der Waals surface area contributed by atoms with Crippen molar-refractivity contribution in [3.05, 3.63) is 24.3 Å². The number of nitrogens with one attached hydrogen (secondary N) is 1. The van der Waals surface area contributed by atoms with E-state index >= 15 is 0 Å². The van der Waals surface area contributed by atoms with Crippen LogP contribution in [0.4, 0.5) is 5.82 Å². The molecule has 96 valence electrons. The van der Waals surface area contributed by atoms with Crippen molar-refractivity contribution in [1.29, 1.82) is 0 Å². The van der Waals surface area contributed by atoms with Gasteiger partial charge in [0, 0.05) is 31.3 Å². The largest absolute Gasteiger partial charge is 0.308 e. The summed E-state index contributed by atoms with van der Waals surface area (Å²) < 4.78 is 1.75. The van der Waals surface area contributed by atoms with Gasteiger partial charge in [0.25, 0.3) is 0 Å². The van der Waals surface area contributed by atoms with Crippen LogP contribution in [0.15, 0.2) is 18.5 Å². The first kappa shape index (κ1) is 12.5. The summed E-state index contributed by atoms with van der Waals surface area (Å²) in [5.41, 5.74) is 4.39. The molecule has 6 nitrogen and oxygen atoms in total. The number of nitrogens with two attached hydrogens (primary N) is 1. The van der Waals surface area contributed by atoms with Crippen LogP contribution in [-0.2, 0) is 13.5 Å². The number of hydrogen-bond acceptors (Lipinski definition) is 5. The monoisotopic (exact) mass is 246 g/mol. The third kappa shape index (κ3) is 2.84. The Morgan fingerprint density at radius 2 is 2.22 bits per heavy atom. The van der Waals surface area contributed by atoms with Crippen molar-refractivity contribution in [3.8, 4) is 11.3 Å². The summed E-state index contributed by atoms with van der Waals surface area (Å²) in [5, 5.41) is 4.14. The minimum atomic E-state index is 0.634. The molecule has 0 saturated heterocycles. The molecule has 0 aliphatic rings. The zero-order valence-electron chi connectivity index (χ0n) is 10.7. The molecule has 0 amide bonds. The molecule has 2 rings (SSSR count). The van der Waals surface area contributed by atoms with Gasteiger partial charge in [-0.1, -0.05) is 13.3 Å². The summed E-state index contributed by atoms with van der Waals surface area (Å²) in [6.45, 7) is 2.15. The lowest BCUT2D eigenvalue weighted by Crippen LogP contribution is -2.11. The molecule has 0 saturated carbocycles. The topological polar surface area (TPSA) is 81.6 Å². The second kappa shape index (κ2) is 5.59. The van der Waals surface area contributed by atoms with Crippen molar-refractivity contribution < 1.29 is 0 Å². The van der Waals surface area contributed by atoms with E-state index in [0.717, 1.165) is 36.3 Å². The summed E-state index contributed by atoms with van der Waals surface area (Å²) in [6.07, 6.45) is 6.75. The number of aryl methyl sites for hydroxylation is 2. The average molecular weight is 246 g/mol. The molecule has 0 aliphatic heterocycles. The van der Waals surface area contributed by atoms with Crippen LogP contribution in [0.2, 0.25) is 0 Å². The highest BCUT2D eigenvalue weighted by atomic mass is 15.3. The van der Waals surface area contributed by atoms with Gasteiger partial charge in [0.15, 0.2) is 0 Å². The Bertz CT molecular complexity index is 519. The number of unbranched alkanes of at least 4 members (excludes halogenated alkanes) is 1. The quantitative estimate of drug-likeness (QED) is 0.617. The molecule has 0 unspecified atom stereocenters. The molecule has 0 radical (unpaired) electrons. The molecule has 2 heterocycles. The standard InChI is InChI=1S/C12H18N6/c1-3-4-5-11-15-10(6-12(16-11)17-13)9-7-14-18(2)8-9/h6-8H,3-5,13H2,1-2H3,(H,15,16,17). The summed E-state index contributed by atoms with van der Waals surface area (Å²) in [4.78, 5) is 8.89. The number of hydrazine groups is 1. The lowest BCUT2D eigenvalue weighted by molar-refractivity contribution is 0.753. The van der Waals surface area contributed by atoms with Crippen molar-refractivity contribution >= 4 is 5.82 Å². The van der Waals surface area contributed by atoms with Gasteiger partial charge >= 0.3 is 0 Å². The smallest absolute Gasteiger partial charge is 0.144 e. The second-order valence-corrected chi connectivity index (χ2v) is 4.21. The van der Waals surface area contributed by atoms with Gasteiger partial charge in [-0.3, -0.25) is 4.68 Å². The van der Waals surface area contributed by atoms with Gasteiger partial charge in [-0.15, -0.1) is 0 Å². The van der Waals surface area contributed by atoms with E-state index < -0.39 is 0 Å². The van der Waals surface area contributed by atoms with E-state index in [1.807, 2.05) is 19.3 Å². The Hall–Kier alpha value is -1.95. The maximum atomic E-state index is 5.44. The highest BCUT2D eigenvalue weighted by molar-refractivity contribution is 5.60. The first-order valence-electron chi connectivity index (χ1n) is 6.06. The van der Waals surface area contributed by atoms with E-state index in [-0.39, 0.29) is 0 Å². The molecule has 0 aliphatic carbocycles. The number of nitrogen functional groups attached to an aromatic ring is 1. The van der Waals surface area contributed by atoms with Crippen LogP contribution >= 0.6 is 0 Å². The van der Waals surface area contributed by atoms with Crippen LogP contribution < -0.4 is 11.3 Å². The van der Waals surface area contributed by atoms with E-state index in [4.69, 9.17) is 5.84 Å². The van der Waals surface area contributed by atoms with Gasteiger partial charge in [0.1, 0.15) is 11.6 Å². The van der Waals surface area contributed by atoms with Crippen LogP contribution in [0.25, 0.3) is 11.3 Å². The Morgan fingerprint density at radius 3 is 2.83 bits per heavy atom. The highest BCUT2D eigenvalue weighted by Crippen LogP contribution is 2.19. The fourth-order valence-electron chi connectivity index (χ4n) is 1.72. The van der Waals surface area contributed by atoms with E-state index in [1.165, 1.54) is 0 Å². The van der Waals surface area contributed by atoms with Crippen molar-refractivity contribution in [2.75, 3.05) is 5.43 Å². The zero-order chi connectivity index (χ0) is 13.0. The zero-order valence-corrected chi connectivity index (χ0v) is 10.7. The third-order valence-corrected chi connectivity index (χ3v) is 2.67. The molecular weight excluding hydrogens is 228 g/mol. The lowest BCUT2D eigenvalue weighted by atomic mass is 10.2. The summed E-state index contributed by atoms with van der Waals surface area (Å²) in [6, 6.07) is 1.83. The van der Waals surface area contributed by atoms with E-state index in [2.05, 4.69) is 27.4 Å². The van der Waals surface area contributed by atoms with Crippen molar-refractivity contribution in [2.24, 2.45) is 12.9 Å². The van der Waals surface area contributed by atoms with Crippen LogP contribution in [-0.4, -0.2) is 19.7 Å². The molecule has 18 heavy (non-hydrogen) atoms. The average Bonchev–Trinajstić information content (AvgIpc) is 2.82. The van der Waals surface area contributed by atoms with Gasteiger partial charge in [-0.2, -0.15) is 5.10 Å². The molecule has 6 heteroatoms. The molecule has 0 aromatic carbocycles. The van der Waals surface area contributed by atoms with Crippen LogP contribution in [0.1, 0.15) is 25.6 Å². The second-order valence-electron chi connectivity index (χ2n) is 4.21. The summed E-state index contributed by atoms with van der Waals surface area (Å²) >= 11 is 0. The Morgan fingerprint density at radius 1 is 1.39 bits per heavy atom. The molecular formula is C12H18N6. The van der Waals surface area contributed by atoms with Crippen molar-refractivity contribution in [1.82, 2.24) is 19.7 Å². The number of anilines is 1. The number of aromatic nitrogens is 4. The minimum Gasteiger partial charge on any atom is -0.308 e. The van der Waals surface area contributed by atoms with Crippen molar-refractivity contribution in [2.45, 2.75) is 26.2 Å². The fraction of sp³-hybridized carbons (Fsp3) is 0.417. The van der Waals surface area contributed by atoms with Gasteiger partial charge in [-0.25, -0.2) is 15.8 Å². The molecule has 0 atom stereocenters. The SMILES string of the molecule is CCCCc1nc(NN)cc(-c2cnn(C)c2)n1. The maximum absolute atomic E-state index is 5.44. The normalized spacial score (nSPS) is 10.6. The van der Waals surface area contributed by atoms with Crippen LogP contribution in [0.3, 0.4) is 0 Å². The minimum absolute atomic E-state index is 0.634. The molecule has 0 spiro atoms. The number of hydrogen-bond donors (Lipinski definition) is 2. The predicted molar refractivity (Wildman–Crippen MR) is 70.7 cm³/mol.